The molecule has 1 aliphatic heterocycles. The van der Waals surface area contributed by atoms with Gasteiger partial charge in [-0.15, -0.1) is 11.6 Å². The number of nitrogens with zero attached hydrogens (tertiary/aromatic N) is 2. The molecular weight excluding hydrogens is 304 g/mol. The Bertz CT molecular complexity index is 620. The number of benzene rings is 1. The van der Waals surface area contributed by atoms with Crippen LogP contribution in [0.25, 0.3) is 0 Å². The second kappa shape index (κ2) is 5.59. The molecule has 1 amide bonds. The Balaban J connectivity index is 2.64. The molecule has 110 valence electrons. The number of anilines is 1. The summed E-state index contributed by atoms with van der Waals surface area (Å²) in [6.07, 6.45) is 0. The molecule has 0 saturated heterocycles. The van der Waals surface area contributed by atoms with Crippen LogP contribution in [0.1, 0.15) is 17.3 Å². The monoisotopic (exact) mass is 318 g/mol. The van der Waals surface area contributed by atoms with Gasteiger partial charge in [0.2, 0.25) is 0 Å². The molecule has 6 nitrogen and oxygen atoms in total. The standard InChI is InChI=1S/C12H15ClN2O4S/c1-9(7-13)15-12(16)10-5-3-4-6-11(10)14(8-19-2)20(15,17)18/h3-6,9H,7-8H2,1-2H3. The van der Waals surface area contributed by atoms with Crippen LogP contribution < -0.4 is 4.31 Å². The van der Waals surface area contributed by atoms with E-state index < -0.39 is 22.2 Å². The lowest BCUT2D eigenvalue weighted by atomic mass is 10.1. The molecular formula is C12H15ClN2O4S. The minimum absolute atomic E-state index is 0.0218. The maximum atomic E-state index is 12.6. The predicted molar refractivity (Wildman–Crippen MR) is 76.1 cm³/mol. The highest BCUT2D eigenvalue weighted by Crippen LogP contribution is 2.33. The lowest BCUT2D eigenvalue weighted by Gasteiger charge is -2.38. The van der Waals surface area contributed by atoms with Crippen molar-refractivity contribution in [2.24, 2.45) is 0 Å². The van der Waals surface area contributed by atoms with Gasteiger partial charge in [-0.25, -0.2) is 8.61 Å². The molecule has 0 saturated carbocycles. The van der Waals surface area contributed by atoms with E-state index in [1.807, 2.05) is 0 Å². The number of hydrogen-bond acceptors (Lipinski definition) is 4. The van der Waals surface area contributed by atoms with Gasteiger partial charge in [-0.3, -0.25) is 4.79 Å². The van der Waals surface area contributed by atoms with Crippen molar-refractivity contribution in [1.29, 1.82) is 0 Å². The molecule has 1 aromatic carbocycles. The van der Waals surface area contributed by atoms with E-state index in [1.165, 1.54) is 7.11 Å². The summed E-state index contributed by atoms with van der Waals surface area (Å²) in [6, 6.07) is 5.88. The van der Waals surface area contributed by atoms with Crippen molar-refractivity contribution < 1.29 is 17.9 Å². The van der Waals surface area contributed by atoms with Gasteiger partial charge in [0.05, 0.1) is 17.3 Å². The summed E-state index contributed by atoms with van der Waals surface area (Å²) < 4.78 is 32.0. The summed E-state index contributed by atoms with van der Waals surface area (Å²) in [5.74, 6) is -0.547. The summed E-state index contributed by atoms with van der Waals surface area (Å²) >= 11 is 5.72. The molecule has 8 heteroatoms. The first-order chi connectivity index (χ1) is 9.45. The average Bonchev–Trinajstić information content (AvgIpc) is 2.43. The molecule has 0 bridgehead atoms. The molecule has 2 rings (SSSR count). The van der Waals surface area contributed by atoms with Crippen LogP contribution in [0.4, 0.5) is 5.69 Å². The van der Waals surface area contributed by atoms with Crippen LogP contribution in [-0.4, -0.2) is 44.4 Å². The average molecular weight is 319 g/mol. The number of para-hydroxylation sites is 1. The van der Waals surface area contributed by atoms with E-state index in [-0.39, 0.29) is 12.6 Å². The Labute approximate surface area is 123 Å². The highest BCUT2D eigenvalue weighted by Gasteiger charge is 2.43. The number of hydrogen-bond donors (Lipinski definition) is 0. The van der Waals surface area contributed by atoms with Gasteiger partial charge in [0.15, 0.2) is 0 Å². The largest absolute Gasteiger partial charge is 0.363 e. The Morgan fingerprint density at radius 2 is 2.00 bits per heavy atom. The van der Waals surface area contributed by atoms with Crippen LogP contribution in [0, 0.1) is 0 Å². The molecule has 0 radical (unpaired) electrons. The number of methoxy groups -OCH3 is 1. The third-order valence-electron chi connectivity index (χ3n) is 3.00. The van der Waals surface area contributed by atoms with E-state index in [1.54, 1.807) is 31.2 Å². The summed E-state index contributed by atoms with van der Waals surface area (Å²) in [7, 11) is -2.60. The molecule has 1 unspecified atom stereocenters. The van der Waals surface area contributed by atoms with Crippen LogP contribution in [0.5, 0.6) is 0 Å². The minimum Gasteiger partial charge on any atom is -0.363 e. The molecule has 0 aromatic heterocycles. The number of amides is 1. The molecule has 0 fully saturated rings. The molecule has 20 heavy (non-hydrogen) atoms. The summed E-state index contributed by atoms with van der Waals surface area (Å²) in [4.78, 5) is 12.4. The lowest BCUT2D eigenvalue weighted by molar-refractivity contribution is 0.0829. The highest BCUT2D eigenvalue weighted by atomic mass is 35.5. The van der Waals surface area contributed by atoms with E-state index in [0.717, 1.165) is 8.61 Å². The number of halogens is 1. The van der Waals surface area contributed by atoms with Gasteiger partial charge >= 0.3 is 10.2 Å². The van der Waals surface area contributed by atoms with E-state index in [9.17, 15) is 13.2 Å². The molecule has 1 aliphatic rings. The number of rotatable bonds is 4. The van der Waals surface area contributed by atoms with Gasteiger partial charge < -0.3 is 4.74 Å². The van der Waals surface area contributed by atoms with Crippen LogP contribution >= 0.6 is 11.6 Å². The number of carbonyl (C=O) groups excluding carboxylic acids is 1. The zero-order chi connectivity index (χ0) is 14.9. The second-order valence-electron chi connectivity index (χ2n) is 4.40. The zero-order valence-electron chi connectivity index (χ0n) is 11.1. The van der Waals surface area contributed by atoms with E-state index in [2.05, 4.69) is 0 Å². The Hall–Kier alpha value is -1.31. The van der Waals surface area contributed by atoms with Crippen LogP contribution in [0.3, 0.4) is 0 Å². The van der Waals surface area contributed by atoms with Crippen molar-refractivity contribution in [2.75, 3.05) is 24.0 Å². The number of ether oxygens (including phenoxy) is 1. The van der Waals surface area contributed by atoms with Gasteiger partial charge in [0.1, 0.15) is 6.73 Å². The second-order valence-corrected chi connectivity index (χ2v) is 6.43. The van der Waals surface area contributed by atoms with Gasteiger partial charge in [-0.1, -0.05) is 12.1 Å². The Kier molecular flexibility index (Phi) is 4.22. The van der Waals surface area contributed by atoms with Gasteiger partial charge in [0.25, 0.3) is 5.91 Å². The first kappa shape index (κ1) is 15.1. The lowest BCUT2D eigenvalue weighted by Crippen LogP contribution is -2.55. The number of carbonyl (C=O) groups is 1. The zero-order valence-corrected chi connectivity index (χ0v) is 12.7. The fourth-order valence-corrected chi connectivity index (χ4v) is 3.99. The summed E-state index contributed by atoms with van der Waals surface area (Å²) in [5.41, 5.74) is 0.633. The maximum absolute atomic E-state index is 12.6. The maximum Gasteiger partial charge on any atom is 0.331 e. The summed E-state index contributed by atoms with van der Waals surface area (Å²) in [6.45, 7) is 1.42. The molecule has 1 aromatic rings. The SMILES string of the molecule is COCN1c2ccccc2C(=O)N(C(C)CCl)S1(=O)=O. The van der Waals surface area contributed by atoms with Gasteiger partial charge in [-0.2, -0.15) is 8.42 Å². The van der Waals surface area contributed by atoms with Crippen LogP contribution in [0.15, 0.2) is 24.3 Å². The fraction of sp³-hybridized carbons (Fsp3) is 0.417. The predicted octanol–water partition coefficient (Wildman–Crippen LogP) is 1.42. The van der Waals surface area contributed by atoms with E-state index in [4.69, 9.17) is 16.3 Å². The molecule has 0 aliphatic carbocycles. The summed E-state index contributed by atoms with van der Waals surface area (Å²) in [5, 5.41) is 0. The Morgan fingerprint density at radius 1 is 1.35 bits per heavy atom. The van der Waals surface area contributed by atoms with Crippen molar-refractivity contribution in [1.82, 2.24) is 4.31 Å². The first-order valence-corrected chi connectivity index (χ1v) is 7.88. The van der Waals surface area contributed by atoms with Gasteiger partial charge in [-0.05, 0) is 19.1 Å². The number of fused-ring (bicyclic) bond motifs is 1. The molecule has 1 heterocycles. The van der Waals surface area contributed by atoms with Crippen molar-refractivity contribution in [2.45, 2.75) is 13.0 Å². The van der Waals surface area contributed by atoms with E-state index in [0.29, 0.717) is 11.3 Å². The minimum atomic E-state index is -3.99. The number of alkyl halides is 1. The van der Waals surface area contributed by atoms with Crippen molar-refractivity contribution in [3.8, 4) is 0 Å². The van der Waals surface area contributed by atoms with Crippen molar-refractivity contribution in [3.63, 3.8) is 0 Å². The third-order valence-corrected chi connectivity index (χ3v) is 5.33. The molecule has 1 atom stereocenters. The van der Waals surface area contributed by atoms with E-state index >= 15 is 0 Å². The smallest absolute Gasteiger partial charge is 0.331 e. The quantitative estimate of drug-likeness (QED) is 0.788. The van der Waals surface area contributed by atoms with Gasteiger partial charge in [0, 0.05) is 13.0 Å². The normalized spacial score (nSPS) is 18.9. The van der Waals surface area contributed by atoms with Crippen molar-refractivity contribution in [3.05, 3.63) is 29.8 Å². The van der Waals surface area contributed by atoms with Crippen molar-refractivity contribution >= 4 is 33.4 Å². The Morgan fingerprint density at radius 3 is 2.60 bits per heavy atom. The van der Waals surface area contributed by atoms with Crippen LogP contribution in [0.2, 0.25) is 0 Å². The molecule has 0 spiro atoms. The topological polar surface area (TPSA) is 66.9 Å². The first-order valence-electron chi connectivity index (χ1n) is 5.95. The third kappa shape index (κ3) is 2.25. The fourth-order valence-electron chi connectivity index (χ4n) is 2.07. The molecule has 0 N–H and O–H groups in total. The highest BCUT2D eigenvalue weighted by molar-refractivity contribution is 7.91. The van der Waals surface area contributed by atoms with Crippen LogP contribution in [-0.2, 0) is 14.9 Å².